The van der Waals surface area contributed by atoms with Gasteiger partial charge in [-0.05, 0) is 43.0 Å². The van der Waals surface area contributed by atoms with Gasteiger partial charge in [0.05, 0.1) is 15.6 Å². The number of hydrogen-bond acceptors (Lipinski definition) is 5. The normalized spacial score (nSPS) is 17.3. The summed E-state index contributed by atoms with van der Waals surface area (Å²) < 4.78 is 27.9. The molecule has 0 atom stereocenters. The van der Waals surface area contributed by atoms with Crippen molar-refractivity contribution in [2.75, 3.05) is 24.5 Å². The molecule has 1 fully saturated rings. The molecule has 0 radical (unpaired) electrons. The number of nitro groups is 1. The number of fused-ring (bicyclic) bond motifs is 1. The lowest BCUT2D eigenvalue weighted by Crippen LogP contribution is -2.33. The zero-order chi connectivity index (χ0) is 22.2. The second kappa shape index (κ2) is 8.57. The van der Waals surface area contributed by atoms with Crippen LogP contribution in [0.5, 0.6) is 0 Å². The van der Waals surface area contributed by atoms with Gasteiger partial charge >= 0.3 is 0 Å². The molecule has 4 rings (SSSR count). The van der Waals surface area contributed by atoms with E-state index in [0.717, 1.165) is 31.2 Å². The summed E-state index contributed by atoms with van der Waals surface area (Å²) in [5.74, 6) is -0.414. The third-order valence-corrected chi connectivity index (χ3v) is 8.16. The van der Waals surface area contributed by atoms with Gasteiger partial charge < -0.3 is 4.90 Å². The van der Waals surface area contributed by atoms with Crippen LogP contribution in [0.15, 0.2) is 41.3 Å². The Bertz CT molecular complexity index is 1140. The summed E-state index contributed by atoms with van der Waals surface area (Å²) in [6.07, 6.45) is 4.13. The Hall–Kier alpha value is -2.49. The van der Waals surface area contributed by atoms with Crippen molar-refractivity contribution in [3.8, 4) is 0 Å². The number of nitrogens with zero attached hydrogens (tertiary/aromatic N) is 3. The first kappa shape index (κ1) is 21.7. The Labute approximate surface area is 185 Å². The van der Waals surface area contributed by atoms with E-state index in [1.165, 1.54) is 39.5 Å². The Morgan fingerprint density at radius 3 is 2.39 bits per heavy atom. The SMILES string of the molecule is O=C(c1ccc(Cl)c(S(=O)(=O)N2CCCCCC2)c1)N1CCc2ccc([N+](=O)[O-])cc21. The molecule has 2 aromatic carbocycles. The smallest absolute Gasteiger partial charge is 0.271 e. The van der Waals surface area contributed by atoms with Gasteiger partial charge in [0.15, 0.2) is 0 Å². The van der Waals surface area contributed by atoms with E-state index in [4.69, 9.17) is 11.6 Å². The summed E-state index contributed by atoms with van der Waals surface area (Å²) in [5.41, 5.74) is 1.40. The zero-order valence-corrected chi connectivity index (χ0v) is 18.4. The number of amides is 1. The molecule has 2 heterocycles. The molecule has 0 saturated carbocycles. The second-order valence-electron chi connectivity index (χ2n) is 7.74. The average molecular weight is 464 g/mol. The fourth-order valence-electron chi connectivity index (χ4n) is 4.10. The summed E-state index contributed by atoms with van der Waals surface area (Å²) >= 11 is 6.24. The van der Waals surface area contributed by atoms with Crippen LogP contribution in [-0.2, 0) is 16.4 Å². The minimum Gasteiger partial charge on any atom is -0.307 e. The van der Waals surface area contributed by atoms with E-state index in [1.807, 2.05) is 0 Å². The highest BCUT2D eigenvalue weighted by atomic mass is 35.5. The maximum Gasteiger partial charge on any atom is 0.271 e. The van der Waals surface area contributed by atoms with Crippen molar-refractivity contribution in [1.29, 1.82) is 0 Å². The van der Waals surface area contributed by atoms with Crippen LogP contribution in [0.25, 0.3) is 0 Å². The largest absolute Gasteiger partial charge is 0.307 e. The van der Waals surface area contributed by atoms with Crippen molar-refractivity contribution >= 4 is 38.9 Å². The zero-order valence-electron chi connectivity index (χ0n) is 16.8. The van der Waals surface area contributed by atoms with E-state index in [-0.39, 0.29) is 21.2 Å². The molecule has 1 saturated heterocycles. The van der Waals surface area contributed by atoms with Gasteiger partial charge in [0.1, 0.15) is 4.90 Å². The van der Waals surface area contributed by atoms with Gasteiger partial charge in [0.25, 0.3) is 11.6 Å². The number of sulfonamides is 1. The van der Waals surface area contributed by atoms with E-state index in [2.05, 4.69) is 0 Å². The van der Waals surface area contributed by atoms with Gasteiger partial charge in [-0.3, -0.25) is 14.9 Å². The summed E-state index contributed by atoms with van der Waals surface area (Å²) in [7, 11) is -3.83. The molecule has 10 heteroatoms. The molecule has 1 amide bonds. The number of anilines is 1. The van der Waals surface area contributed by atoms with Crippen LogP contribution in [0.4, 0.5) is 11.4 Å². The maximum atomic E-state index is 13.2. The third-order valence-electron chi connectivity index (χ3n) is 5.78. The Morgan fingerprint density at radius 2 is 1.71 bits per heavy atom. The van der Waals surface area contributed by atoms with Crippen LogP contribution in [0, 0.1) is 10.1 Å². The molecule has 0 unspecified atom stereocenters. The molecule has 0 N–H and O–H groups in total. The van der Waals surface area contributed by atoms with E-state index in [1.54, 1.807) is 6.07 Å². The van der Waals surface area contributed by atoms with Gasteiger partial charge in [-0.2, -0.15) is 4.31 Å². The van der Waals surface area contributed by atoms with E-state index < -0.39 is 20.9 Å². The molecule has 164 valence electrons. The van der Waals surface area contributed by atoms with Crippen LogP contribution < -0.4 is 4.90 Å². The number of non-ortho nitro benzene ring substituents is 1. The van der Waals surface area contributed by atoms with Crippen LogP contribution in [0.1, 0.15) is 41.6 Å². The highest BCUT2D eigenvalue weighted by Gasteiger charge is 2.31. The number of halogens is 1. The lowest BCUT2D eigenvalue weighted by atomic mass is 10.1. The molecule has 2 aromatic rings. The topological polar surface area (TPSA) is 101 Å². The summed E-state index contributed by atoms with van der Waals surface area (Å²) in [6.45, 7) is 1.23. The van der Waals surface area contributed by atoms with E-state index in [9.17, 15) is 23.3 Å². The highest BCUT2D eigenvalue weighted by molar-refractivity contribution is 7.89. The molecule has 8 nitrogen and oxygen atoms in total. The quantitative estimate of drug-likeness (QED) is 0.503. The van der Waals surface area contributed by atoms with Crippen molar-refractivity contribution in [3.05, 3.63) is 62.7 Å². The predicted octanol–water partition coefficient (Wildman–Crippen LogP) is 4.02. The van der Waals surface area contributed by atoms with Gasteiger partial charge in [-0.25, -0.2) is 8.42 Å². The fraction of sp³-hybridized carbons (Fsp3) is 0.381. The molecule has 2 aliphatic rings. The highest BCUT2D eigenvalue weighted by Crippen LogP contribution is 2.34. The Morgan fingerprint density at radius 1 is 1.00 bits per heavy atom. The number of carbonyl (C=O) groups is 1. The summed E-state index contributed by atoms with van der Waals surface area (Å²) in [6, 6.07) is 8.68. The van der Waals surface area contributed by atoms with Gasteiger partial charge in [0, 0.05) is 37.3 Å². The van der Waals surface area contributed by atoms with Crippen molar-refractivity contribution in [3.63, 3.8) is 0 Å². The Kier molecular flexibility index (Phi) is 6.00. The maximum absolute atomic E-state index is 13.2. The van der Waals surface area contributed by atoms with Crippen LogP contribution >= 0.6 is 11.6 Å². The first-order chi connectivity index (χ1) is 14.8. The molecule has 0 spiro atoms. The monoisotopic (exact) mass is 463 g/mol. The van der Waals surface area contributed by atoms with Gasteiger partial charge in [0.2, 0.25) is 10.0 Å². The van der Waals surface area contributed by atoms with Crippen LogP contribution in [0.3, 0.4) is 0 Å². The molecule has 2 aliphatic heterocycles. The van der Waals surface area contributed by atoms with E-state index in [0.29, 0.717) is 31.7 Å². The fourth-order valence-corrected chi connectivity index (χ4v) is 6.12. The van der Waals surface area contributed by atoms with Crippen molar-refractivity contribution in [2.45, 2.75) is 37.0 Å². The molecule has 0 bridgehead atoms. The Balaban J connectivity index is 1.67. The van der Waals surface area contributed by atoms with Crippen molar-refractivity contribution in [2.24, 2.45) is 0 Å². The molecule has 0 aromatic heterocycles. The van der Waals surface area contributed by atoms with Crippen molar-refractivity contribution in [1.82, 2.24) is 4.31 Å². The van der Waals surface area contributed by atoms with Crippen molar-refractivity contribution < 1.29 is 18.1 Å². The first-order valence-electron chi connectivity index (χ1n) is 10.2. The minimum atomic E-state index is -3.83. The number of rotatable bonds is 4. The van der Waals surface area contributed by atoms with E-state index >= 15 is 0 Å². The van der Waals surface area contributed by atoms with Gasteiger partial charge in [-0.15, -0.1) is 0 Å². The average Bonchev–Trinajstić information content (AvgIpc) is 2.96. The first-order valence-corrected chi connectivity index (χ1v) is 12.0. The third kappa shape index (κ3) is 4.17. The number of benzene rings is 2. The molecular formula is C21H22ClN3O5S. The van der Waals surface area contributed by atoms with Gasteiger partial charge in [-0.1, -0.05) is 30.5 Å². The number of nitro benzene ring substituents is 1. The molecule has 31 heavy (non-hydrogen) atoms. The lowest BCUT2D eigenvalue weighted by Gasteiger charge is -2.22. The van der Waals surface area contributed by atoms with Crippen LogP contribution in [0.2, 0.25) is 5.02 Å². The molecule has 0 aliphatic carbocycles. The lowest BCUT2D eigenvalue weighted by molar-refractivity contribution is -0.384. The molecular weight excluding hydrogens is 442 g/mol. The number of hydrogen-bond donors (Lipinski definition) is 0. The van der Waals surface area contributed by atoms with Crippen LogP contribution in [-0.4, -0.2) is 43.2 Å². The second-order valence-corrected chi connectivity index (χ2v) is 10.1. The summed E-state index contributed by atoms with van der Waals surface area (Å²) in [5, 5.41) is 11.2. The predicted molar refractivity (Wildman–Crippen MR) is 117 cm³/mol. The summed E-state index contributed by atoms with van der Waals surface area (Å²) in [4.78, 5) is 25.2. The number of carbonyl (C=O) groups excluding carboxylic acids is 1. The standard InChI is InChI=1S/C21H22ClN3O5S/c22-18-8-6-16(13-20(18)31(29,30)23-10-3-1-2-4-11-23)21(26)24-12-9-15-5-7-17(25(27)28)14-19(15)24/h5-8,13-14H,1-4,9-12H2. The minimum absolute atomic E-state index is 0.0678.